The molecule has 27 heavy (non-hydrogen) atoms. The summed E-state index contributed by atoms with van der Waals surface area (Å²) >= 11 is 6.30. The van der Waals surface area contributed by atoms with Crippen LogP contribution in [0.25, 0.3) is 11.0 Å². The number of fused-ring (bicyclic) bond motifs is 2. The van der Waals surface area contributed by atoms with Crippen LogP contribution in [0.1, 0.15) is 54.7 Å². The third-order valence-electron chi connectivity index (χ3n) is 5.54. The molecular formula is C21H24ClN3O2. The third-order valence-corrected chi connectivity index (χ3v) is 5.82. The molecule has 0 saturated heterocycles. The van der Waals surface area contributed by atoms with Gasteiger partial charge in [0.05, 0.1) is 5.02 Å². The van der Waals surface area contributed by atoms with Crippen LogP contribution in [0.2, 0.25) is 5.02 Å². The normalized spacial score (nSPS) is 17.1. The highest BCUT2D eigenvalue weighted by atomic mass is 35.5. The molecule has 5 nitrogen and oxygen atoms in total. The van der Waals surface area contributed by atoms with Crippen molar-refractivity contribution in [1.82, 2.24) is 10.2 Å². The summed E-state index contributed by atoms with van der Waals surface area (Å²) in [6.07, 6.45) is 2.92. The van der Waals surface area contributed by atoms with Crippen molar-refractivity contribution in [1.29, 1.82) is 0 Å². The largest absolute Gasteiger partial charge is 0.460 e. The van der Waals surface area contributed by atoms with Gasteiger partial charge in [-0.05, 0) is 55.7 Å². The molecule has 2 N–H and O–H groups in total. The predicted octanol–water partition coefficient (Wildman–Crippen LogP) is 5.52. The standard InChI is InChI=1S/C21H24ClN3O2/c1-11-7-12-8-14(10-16(22)19(12)27-11)23-20(26)18-15-9-13(21(2,3)4)5-6-17(15)24-25-18/h7-8,10,13H,5-6,9H2,1-4H3,(H,23,26)(H,24,25)/t13-/m0/s1. The first-order valence-electron chi connectivity index (χ1n) is 9.29. The molecule has 1 aromatic carbocycles. The van der Waals surface area contributed by atoms with Gasteiger partial charge in [-0.15, -0.1) is 0 Å². The predicted molar refractivity (Wildman–Crippen MR) is 107 cm³/mol. The fraction of sp³-hybridized carbons (Fsp3) is 0.429. The smallest absolute Gasteiger partial charge is 0.276 e. The van der Waals surface area contributed by atoms with E-state index in [9.17, 15) is 4.79 Å². The Morgan fingerprint density at radius 3 is 2.85 bits per heavy atom. The Morgan fingerprint density at radius 1 is 1.33 bits per heavy atom. The second-order valence-corrected chi connectivity index (χ2v) is 8.93. The van der Waals surface area contributed by atoms with Crippen LogP contribution in [-0.4, -0.2) is 16.1 Å². The number of aromatic amines is 1. The Kier molecular flexibility index (Phi) is 4.30. The zero-order valence-corrected chi connectivity index (χ0v) is 16.8. The second-order valence-electron chi connectivity index (χ2n) is 8.52. The lowest BCUT2D eigenvalue weighted by Crippen LogP contribution is -2.28. The second kappa shape index (κ2) is 6.41. The Labute approximate surface area is 163 Å². The van der Waals surface area contributed by atoms with Gasteiger partial charge in [0.25, 0.3) is 5.91 Å². The highest BCUT2D eigenvalue weighted by molar-refractivity contribution is 6.35. The van der Waals surface area contributed by atoms with Crippen molar-refractivity contribution in [3.63, 3.8) is 0 Å². The first-order valence-corrected chi connectivity index (χ1v) is 9.67. The van der Waals surface area contributed by atoms with Gasteiger partial charge in [0.15, 0.2) is 11.3 Å². The maximum absolute atomic E-state index is 12.9. The van der Waals surface area contributed by atoms with E-state index in [1.165, 1.54) is 0 Å². The van der Waals surface area contributed by atoms with E-state index >= 15 is 0 Å². The fourth-order valence-electron chi connectivity index (χ4n) is 3.92. The molecule has 0 unspecified atom stereocenters. The number of hydrogen-bond donors (Lipinski definition) is 2. The molecule has 0 fully saturated rings. The van der Waals surface area contributed by atoms with Crippen molar-refractivity contribution in [2.45, 2.75) is 47.0 Å². The van der Waals surface area contributed by atoms with E-state index in [0.717, 1.165) is 41.7 Å². The van der Waals surface area contributed by atoms with Crippen molar-refractivity contribution >= 4 is 34.2 Å². The van der Waals surface area contributed by atoms with Gasteiger partial charge in [0, 0.05) is 22.3 Å². The Hall–Kier alpha value is -2.27. The van der Waals surface area contributed by atoms with E-state index in [-0.39, 0.29) is 11.3 Å². The number of H-pyrrole nitrogens is 1. The summed E-state index contributed by atoms with van der Waals surface area (Å²) in [5.74, 6) is 1.11. The number of rotatable bonds is 2. The van der Waals surface area contributed by atoms with Gasteiger partial charge >= 0.3 is 0 Å². The average Bonchev–Trinajstić information content (AvgIpc) is 3.16. The molecule has 3 aromatic rings. The van der Waals surface area contributed by atoms with Gasteiger partial charge in [-0.2, -0.15) is 5.10 Å². The fourth-order valence-corrected chi connectivity index (χ4v) is 4.19. The number of aromatic nitrogens is 2. The number of nitrogens with zero attached hydrogens (tertiary/aromatic N) is 1. The molecular weight excluding hydrogens is 362 g/mol. The molecule has 1 atom stereocenters. The molecule has 0 radical (unpaired) electrons. The van der Waals surface area contributed by atoms with Crippen molar-refractivity contribution in [2.24, 2.45) is 11.3 Å². The maximum Gasteiger partial charge on any atom is 0.276 e. The molecule has 142 valence electrons. The van der Waals surface area contributed by atoms with Gasteiger partial charge in [0.2, 0.25) is 0 Å². The number of amides is 1. The molecule has 1 aliphatic rings. The zero-order valence-electron chi connectivity index (χ0n) is 16.1. The van der Waals surface area contributed by atoms with Gasteiger partial charge in [-0.25, -0.2) is 0 Å². The quantitative estimate of drug-likeness (QED) is 0.610. The van der Waals surface area contributed by atoms with Gasteiger partial charge in [-0.3, -0.25) is 9.89 Å². The van der Waals surface area contributed by atoms with Crippen molar-refractivity contribution in [3.8, 4) is 0 Å². The number of hydrogen-bond acceptors (Lipinski definition) is 3. The summed E-state index contributed by atoms with van der Waals surface area (Å²) < 4.78 is 5.59. The summed E-state index contributed by atoms with van der Waals surface area (Å²) in [4.78, 5) is 12.9. The molecule has 0 bridgehead atoms. The van der Waals surface area contributed by atoms with Crippen LogP contribution in [0.15, 0.2) is 22.6 Å². The Balaban J connectivity index is 1.61. The average molecular weight is 386 g/mol. The number of anilines is 1. The zero-order chi connectivity index (χ0) is 19.3. The van der Waals surface area contributed by atoms with E-state index in [0.29, 0.717) is 27.9 Å². The van der Waals surface area contributed by atoms with E-state index < -0.39 is 0 Å². The van der Waals surface area contributed by atoms with Crippen LogP contribution in [0, 0.1) is 18.3 Å². The lowest BCUT2D eigenvalue weighted by atomic mass is 9.71. The number of benzene rings is 1. The minimum atomic E-state index is -0.210. The number of carbonyl (C=O) groups excluding carboxylic acids is 1. The molecule has 0 aliphatic heterocycles. The van der Waals surface area contributed by atoms with Crippen LogP contribution in [0.5, 0.6) is 0 Å². The maximum atomic E-state index is 12.9. The number of furan rings is 1. The van der Waals surface area contributed by atoms with Gasteiger partial charge in [-0.1, -0.05) is 32.4 Å². The van der Waals surface area contributed by atoms with Crippen molar-refractivity contribution in [3.05, 3.63) is 45.9 Å². The SMILES string of the molecule is Cc1cc2cc(NC(=O)c3n[nH]c4c3C[C@@H](C(C)(C)C)CC4)cc(Cl)c2o1. The molecule has 0 saturated carbocycles. The van der Waals surface area contributed by atoms with Crippen LogP contribution in [0.3, 0.4) is 0 Å². The Bertz CT molecular complexity index is 1030. The van der Waals surface area contributed by atoms with E-state index in [1.54, 1.807) is 6.07 Å². The molecule has 0 spiro atoms. The summed E-state index contributed by atoms with van der Waals surface area (Å²) in [6.45, 7) is 8.64. The lowest BCUT2D eigenvalue weighted by Gasteiger charge is -2.33. The highest BCUT2D eigenvalue weighted by Crippen LogP contribution is 2.38. The summed E-state index contributed by atoms with van der Waals surface area (Å²) in [6, 6.07) is 5.48. The minimum absolute atomic E-state index is 0.209. The topological polar surface area (TPSA) is 70.9 Å². The van der Waals surface area contributed by atoms with Crippen molar-refractivity contribution < 1.29 is 9.21 Å². The highest BCUT2D eigenvalue weighted by Gasteiger charge is 2.32. The van der Waals surface area contributed by atoms with Crippen LogP contribution in [0.4, 0.5) is 5.69 Å². The molecule has 1 amide bonds. The summed E-state index contributed by atoms with van der Waals surface area (Å²) in [7, 11) is 0. The van der Waals surface area contributed by atoms with Gasteiger partial charge in [0.1, 0.15) is 5.76 Å². The summed E-state index contributed by atoms with van der Waals surface area (Å²) in [5.41, 5.74) is 4.10. The monoisotopic (exact) mass is 385 g/mol. The van der Waals surface area contributed by atoms with Gasteiger partial charge < -0.3 is 9.73 Å². The minimum Gasteiger partial charge on any atom is -0.460 e. The van der Waals surface area contributed by atoms with E-state index in [1.807, 2.05) is 19.1 Å². The van der Waals surface area contributed by atoms with Crippen LogP contribution in [-0.2, 0) is 12.8 Å². The number of nitrogens with one attached hydrogen (secondary N) is 2. The molecule has 2 aromatic heterocycles. The third kappa shape index (κ3) is 3.36. The first-order chi connectivity index (χ1) is 12.7. The molecule has 4 rings (SSSR count). The Morgan fingerprint density at radius 2 is 2.11 bits per heavy atom. The van der Waals surface area contributed by atoms with Crippen molar-refractivity contribution in [2.75, 3.05) is 5.32 Å². The molecule has 1 aliphatic carbocycles. The number of aryl methyl sites for hydroxylation is 2. The first kappa shape index (κ1) is 18.1. The lowest BCUT2D eigenvalue weighted by molar-refractivity contribution is 0.102. The molecule has 2 heterocycles. The van der Waals surface area contributed by atoms with E-state index in [4.69, 9.17) is 16.0 Å². The summed E-state index contributed by atoms with van der Waals surface area (Å²) in [5, 5.41) is 11.7. The van der Waals surface area contributed by atoms with E-state index in [2.05, 4.69) is 36.3 Å². The molecule has 6 heteroatoms. The number of halogens is 1. The number of carbonyl (C=O) groups is 1. The van der Waals surface area contributed by atoms with Crippen LogP contribution >= 0.6 is 11.6 Å². The van der Waals surface area contributed by atoms with Crippen LogP contribution < -0.4 is 5.32 Å².